The number of carbonyl (C=O) groups is 1. The molecule has 0 aliphatic rings. The molecule has 1 aromatic rings. The van der Waals surface area contributed by atoms with Gasteiger partial charge in [-0.3, -0.25) is 10.1 Å². The molecule has 2 unspecified atom stereocenters. The zero-order valence-electron chi connectivity index (χ0n) is 14.0. The third-order valence-corrected chi connectivity index (χ3v) is 3.79. The minimum Gasteiger partial charge on any atom is -0.468 e. The van der Waals surface area contributed by atoms with Crippen LogP contribution in [0.15, 0.2) is 24.3 Å². The van der Waals surface area contributed by atoms with Crippen LogP contribution < -0.4 is 5.32 Å². The molecular formula is C18H29NO2. The third-order valence-electron chi connectivity index (χ3n) is 3.79. The molecule has 0 amide bonds. The first kappa shape index (κ1) is 17.7. The summed E-state index contributed by atoms with van der Waals surface area (Å²) >= 11 is 0. The molecule has 118 valence electrons. The molecule has 0 spiro atoms. The third kappa shape index (κ3) is 5.50. The van der Waals surface area contributed by atoms with E-state index in [4.69, 9.17) is 4.74 Å². The van der Waals surface area contributed by atoms with Crippen LogP contribution in [0, 0.1) is 5.92 Å². The van der Waals surface area contributed by atoms with Gasteiger partial charge in [0.05, 0.1) is 7.11 Å². The van der Waals surface area contributed by atoms with Crippen LogP contribution in [0.2, 0.25) is 0 Å². The summed E-state index contributed by atoms with van der Waals surface area (Å²) in [5, 5.41) is 3.47. The maximum atomic E-state index is 11.9. The topological polar surface area (TPSA) is 38.3 Å². The van der Waals surface area contributed by atoms with Gasteiger partial charge >= 0.3 is 5.97 Å². The Labute approximate surface area is 129 Å². The fraction of sp³-hybridized carbons (Fsp3) is 0.611. The molecule has 0 bridgehead atoms. The summed E-state index contributed by atoms with van der Waals surface area (Å²) in [6.45, 7) is 8.53. The molecule has 0 saturated carbocycles. The van der Waals surface area contributed by atoms with Crippen molar-refractivity contribution in [1.29, 1.82) is 0 Å². The molecule has 21 heavy (non-hydrogen) atoms. The molecule has 0 fully saturated rings. The van der Waals surface area contributed by atoms with E-state index in [-0.39, 0.29) is 18.1 Å². The lowest BCUT2D eigenvalue weighted by Gasteiger charge is -2.25. The van der Waals surface area contributed by atoms with Crippen LogP contribution in [0.3, 0.4) is 0 Å². The Bertz CT molecular complexity index is 425. The first-order chi connectivity index (χ1) is 10.0. The van der Waals surface area contributed by atoms with Crippen molar-refractivity contribution in [3.8, 4) is 0 Å². The first-order valence-electron chi connectivity index (χ1n) is 7.94. The molecule has 3 nitrogen and oxygen atoms in total. The molecule has 0 saturated heterocycles. The van der Waals surface area contributed by atoms with E-state index in [2.05, 4.69) is 57.3 Å². The highest BCUT2D eigenvalue weighted by molar-refractivity contribution is 5.75. The van der Waals surface area contributed by atoms with Gasteiger partial charge in [-0.15, -0.1) is 0 Å². The van der Waals surface area contributed by atoms with Gasteiger partial charge in [0, 0.05) is 6.04 Å². The Kier molecular flexibility index (Phi) is 7.44. The number of aryl methyl sites for hydroxylation is 1. The molecule has 3 heteroatoms. The monoisotopic (exact) mass is 291 g/mol. The number of hydrogen-bond donors (Lipinski definition) is 1. The SMILES string of the molecule is CCc1ccc(C(CC)NC(CC(C)C)C(=O)OC)cc1. The van der Waals surface area contributed by atoms with Crippen LogP contribution in [0.5, 0.6) is 0 Å². The second-order valence-corrected chi connectivity index (χ2v) is 5.93. The zero-order valence-corrected chi connectivity index (χ0v) is 14.0. The summed E-state index contributed by atoms with van der Waals surface area (Å²) in [7, 11) is 1.45. The summed E-state index contributed by atoms with van der Waals surface area (Å²) in [5.41, 5.74) is 2.56. The van der Waals surface area contributed by atoms with Gasteiger partial charge in [-0.2, -0.15) is 0 Å². The van der Waals surface area contributed by atoms with Crippen molar-refractivity contribution in [2.24, 2.45) is 5.92 Å². The van der Waals surface area contributed by atoms with Crippen LogP contribution in [-0.4, -0.2) is 19.1 Å². The summed E-state index contributed by atoms with van der Waals surface area (Å²) in [6, 6.07) is 8.57. The van der Waals surface area contributed by atoms with Crippen molar-refractivity contribution >= 4 is 5.97 Å². The molecule has 1 rings (SSSR count). The quantitative estimate of drug-likeness (QED) is 0.739. The molecule has 2 atom stereocenters. The Morgan fingerprint density at radius 3 is 2.24 bits per heavy atom. The summed E-state index contributed by atoms with van der Waals surface area (Å²) < 4.78 is 4.93. The molecule has 0 heterocycles. The van der Waals surface area contributed by atoms with Crippen LogP contribution >= 0.6 is 0 Å². The number of benzene rings is 1. The van der Waals surface area contributed by atoms with E-state index >= 15 is 0 Å². The number of rotatable bonds is 8. The molecule has 0 aromatic heterocycles. The predicted octanol–water partition coefficient (Wildman–Crippen LogP) is 3.88. The van der Waals surface area contributed by atoms with Gasteiger partial charge in [-0.25, -0.2) is 0 Å². The maximum absolute atomic E-state index is 11.9. The van der Waals surface area contributed by atoms with Crippen LogP contribution in [0.1, 0.15) is 57.7 Å². The number of carbonyl (C=O) groups excluding carboxylic acids is 1. The van der Waals surface area contributed by atoms with E-state index in [0.717, 1.165) is 19.3 Å². The maximum Gasteiger partial charge on any atom is 0.322 e. The van der Waals surface area contributed by atoms with Crippen LogP contribution in [0.4, 0.5) is 0 Å². The number of esters is 1. The lowest BCUT2D eigenvalue weighted by atomic mass is 9.98. The van der Waals surface area contributed by atoms with Gasteiger partial charge in [0.15, 0.2) is 0 Å². The number of ether oxygens (including phenoxy) is 1. The minimum absolute atomic E-state index is 0.174. The van der Waals surface area contributed by atoms with Crippen molar-refractivity contribution in [2.45, 2.75) is 59.0 Å². The predicted molar refractivity (Wildman–Crippen MR) is 87.2 cm³/mol. The van der Waals surface area contributed by atoms with Gasteiger partial charge in [0.2, 0.25) is 0 Å². The molecule has 0 radical (unpaired) electrons. The Balaban J connectivity index is 2.83. The minimum atomic E-state index is -0.245. The fourth-order valence-corrected chi connectivity index (χ4v) is 2.52. The fourth-order valence-electron chi connectivity index (χ4n) is 2.52. The van der Waals surface area contributed by atoms with Gasteiger partial charge in [-0.05, 0) is 36.3 Å². The molecule has 0 aliphatic heterocycles. The Morgan fingerprint density at radius 1 is 1.19 bits per heavy atom. The highest BCUT2D eigenvalue weighted by Gasteiger charge is 2.23. The second kappa shape index (κ2) is 8.83. The molecule has 1 aromatic carbocycles. The normalized spacial score (nSPS) is 14.0. The van der Waals surface area contributed by atoms with E-state index in [1.54, 1.807) is 0 Å². The van der Waals surface area contributed by atoms with Crippen LogP contribution in [-0.2, 0) is 16.0 Å². The summed E-state index contributed by atoms with van der Waals surface area (Å²) in [5.74, 6) is 0.272. The van der Waals surface area contributed by atoms with Crippen LogP contribution in [0.25, 0.3) is 0 Å². The highest BCUT2D eigenvalue weighted by atomic mass is 16.5. The molecular weight excluding hydrogens is 262 g/mol. The van der Waals surface area contributed by atoms with E-state index in [1.807, 2.05) is 0 Å². The van der Waals surface area contributed by atoms with Gasteiger partial charge in [0.25, 0.3) is 0 Å². The summed E-state index contributed by atoms with van der Waals surface area (Å²) in [4.78, 5) is 11.9. The summed E-state index contributed by atoms with van der Waals surface area (Å²) in [6.07, 6.45) is 2.77. The van der Waals surface area contributed by atoms with Crippen molar-refractivity contribution in [3.05, 3.63) is 35.4 Å². The first-order valence-corrected chi connectivity index (χ1v) is 7.94. The standard InChI is InChI=1S/C18H29NO2/c1-6-14-8-10-15(11-9-14)16(7-2)19-17(12-13(3)4)18(20)21-5/h8-11,13,16-17,19H,6-7,12H2,1-5H3. The largest absolute Gasteiger partial charge is 0.468 e. The lowest BCUT2D eigenvalue weighted by Crippen LogP contribution is -2.40. The van der Waals surface area contributed by atoms with Crippen molar-refractivity contribution in [2.75, 3.05) is 7.11 Å². The number of hydrogen-bond acceptors (Lipinski definition) is 3. The smallest absolute Gasteiger partial charge is 0.322 e. The van der Waals surface area contributed by atoms with Crippen molar-refractivity contribution in [1.82, 2.24) is 5.32 Å². The highest BCUT2D eigenvalue weighted by Crippen LogP contribution is 2.20. The zero-order chi connectivity index (χ0) is 15.8. The number of nitrogens with one attached hydrogen (secondary N) is 1. The van der Waals surface area contributed by atoms with Gasteiger partial charge in [-0.1, -0.05) is 52.0 Å². The van der Waals surface area contributed by atoms with Gasteiger partial charge < -0.3 is 4.74 Å². The Morgan fingerprint density at radius 2 is 1.81 bits per heavy atom. The number of methoxy groups -OCH3 is 1. The van der Waals surface area contributed by atoms with E-state index in [0.29, 0.717) is 5.92 Å². The van der Waals surface area contributed by atoms with E-state index in [1.165, 1.54) is 18.2 Å². The molecule has 1 N–H and O–H groups in total. The molecule has 0 aliphatic carbocycles. The van der Waals surface area contributed by atoms with Crippen molar-refractivity contribution in [3.63, 3.8) is 0 Å². The average Bonchev–Trinajstić information content (AvgIpc) is 2.50. The average molecular weight is 291 g/mol. The Hall–Kier alpha value is -1.35. The van der Waals surface area contributed by atoms with Crippen molar-refractivity contribution < 1.29 is 9.53 Å². The van der Waals surface area contributed by atoms with E-state index < -0.39 is 0 Å². The lowest BCUT2D eigenvalue weighted by molar-refractivity contribution is -0.143. The van der Waals surface area contributed by atoms with Gasteiger partial charge in [0.1, 0.15) is 6.04 Å². The second-order valence-electron chi connectivity index (χ2n) is 5.93. The van der Waals surface area contributed by atoms with E-state index in [9.17, 15) is 4.79 Å².